The van der Waals surface area contributed by atoms with Gasteiger partial charge in [0.15, 0.2) is 0 Å². The summed E-state index contributed by atoms with van der Waals surface area (Å²) in [6.45, 7) is 6.20. The van der Waals surface area contributed by atoms with E-state index < -0.39 is 0 Å². The highest BCUT2D eigenvalue weighted by molar-refractivity contribution is 6.33. The lowest BCUT2D eigenvalue weighted by atomic mass is 9.82. The third-order valence-corrected chi connectivity index (χ3v) is 8.11. The molecular weight excluding hydrogens is 510 g/mol. The Bertz CT molecular complexity index is 1170. The molecule has 208 valence electrons. The van der Waals surface area contributed by atoms with Gasteiger partial charge in [-0.2, -0.15) is 0 Å². The van der Waals surface area contributed by atoms with Crippen LogP contribution in [-0.2, 0) is 22.6 Å². The predicted molar refractivity (Wildman–Crippen MR) is 158 cm³/mol. The van der Waals surface area contributed by atoms with Crippen molar-refractivity contribution in [2.75, 3.05) is 25.7 Å². The second kappa shape index (κ2) is 13.3. The Balaban J connectivity index is 1.65. The van der Waals surface area contributed by atoms with Gasteiger partial charge in [-0.3, -0.25) is 4.79 Å². The number of esters is 1. The molecule has 6 heteroatoms. The maximum Gasteiger partial charge on any atom is 0.306 e. The third-order valence-electron chi connectivity index (χ3n) is 7.79. The number of unbranched alkanes of at least 4 members (excludes halogenated alkanes) is 1. The molecule has 1 fully saturated rings. The Hall–Kier alpha value is -3.18. The molecule has 5 nitrogen and oxygen atoms in total. The Morgan fingerprint density at radius 2 is 1.49 bits per heavy atom. The number of rotatable bonds is 14. The maximum atomic E-state index is 12.8. The van der Waals surface area contributed by atoms with Crippen LogP contribution >= 0.6 is 11.6 Å². The molecule has 39 heavy (non-hydrogen) atoms. The lowest BCUT2D eigenvalue weighted by molar-refractivity contribution is -0.144. The van der Waals surface area contributed by atoms with E-state index in [0.717, 1.165) is 59.6 Å². The number of carbonyl (C=O) groups is 1. The largest absolute Gasteiger partial charge is 0.497 e. The molecule has 1 atom stereocenters. The minimum atomic E-state index is -0.119. The van der Waals surface area contributed by atoms with Crippen molar-refractivity contribution in [2.45, 2.75) is 65.0 Å². The van der Waals surface area contributed by atoms with Gasteiger partial charge in [-0.15, -0.1) is 0 Å². The van der Waals surface area contributed by atoms with Crippen molar-refractivity contribution in [3.05, 3.63) is 88.4 Å². The molecule has 0 aliphatic heterocycles. The SMILES string of the molecule is CCCCOC(=O)CC(c1ccc(Cl)c(N(Cc2ccc(OC)cc2)Cc2ccc(OC)cc2)c1)C1(C)CC1. The zero-order chi connectivity index (χ0) is 27.8. The van der Waals surface area contributed by atoms with Crippen molar-refractivity contribution in [2.24, 2.45) is 5.41 Å². The summed E-state index contributed by atoms with van der Waals surface area (Å²) in [6.07, 6.45) is 4.51. The first-order valence-corrected chi connectivity index (χ1v) is 14.2. The van der Waals surface area contributed by atoms with E-state index in [4.69, 9.17) is 25.8 Å². The van der Waals surface area contributed by atoms with Gasteiger partial charge in [0, 0.05) is 13.1 Å². The second-order valence-electron chi connectivity index (χ2n) is 10.7. The van der Waals surface area contributed by atoms with Crippen LogP contribution < -0.4 is 14.4 Å². The second-order valence-corrected chi connectivity index (χ2v) is 11.2. The van der Waals surface area contributed by atoms with Crippen LogP contribution in [0, 0.1) is 5.41 Å². The van der Waals surface area contributed by atoms with Gasteiger partial charge in [-0.25, -0.2) is 0 Å². The summed E-state index contributed by atoms with van der Waals surface area (Å²) < 4.78 is 16.3. The Morgan fingerprint density at radius 3 is 1.97 bits per heavy atom. The summed E-state index contributed by atoms with van der Waals surface area (Å²) >= 11 is 6.87. The van der Waals surface area contributed by atoms with Crippen LogP contribution in [0.3, 0.4) is 0 Å². The average Bonchev–Trinajstić information content (AvgIpc) is 3.70. The molecule has 1 aliphatic rings. The average molecular weight is 550 g/mol. The Kier molecular flexibility index (Phi) is 9.79. The van der Waals surface area contributed by atoms with E-state index in [-0.39, 0.29) is 17.3 Å². The lowest BCUT2D eigenvalue weighted by Crippen LogP contribution is -2.23. The standard InChI is InChI=1S/C33H40ClNO4/c1-5-6-19-39-32(36)21-29(33(2)17-18-33)26-11-16-30(34)31(20-26)35(22-24-7-12-27(37-3)13-8-24)23-25-9-14-28(38-4)15-10-25/h7-16,20,29H,5-6,17-19,21-23H2,1-4H3. The number of hydrogen-bond donors (Lipinski definition) is 0. The normalized spacial score (nSPS) is 14.4. The number of anilines is 1. The number of hydrogen-bond acceptors (Lipinski definition) is 5. The van der Waals surface area contributed by atoms with Crippen LogP contribution in [0.15, 0.2) is 66.7 Å². The van der Waals surface area contributed by atoms with Gasteiger partial charge in [0.1, 0.15) is 11.5 Å². The van der Waals surface area contributed by atoms with Gasteiger partial charge in [0.2, 0.25) is 0 Å². The first kappa shape index (κ1) is 28.8. The molecule has 0 spiro atoms. The number of ether oxygens (including phenoxy) is 3. The number of benzene rings is 3. The van der Waals surface area contributed by atoms with Crippen LogP contribution in [0.1, 0.15) is 68.6 Å². The maximum absolute atomic E-state index is 12.8. The molecule has 0 bridgehead atoms. The highest BCUT2D eigenvalue weighted by Crippen LogP contribution is 2.57. The van der Waals surface area contributed by atoms with Crippen LogP contribution in [0.25, 0.3) is 0 Å². The molecule has 3 aromatic rings. The fourth-order valence-corrected chi connectivity index (χ4v) is 5.22. The topological polar surface area (TPSA) is 48.0 Å². The molecule has 3 aromatic carbocycles. The van der Waals surface area contributed by atoms with Crippen molar-refractivity contribution in [3.8, 4) is 11.5 Å². The van der Waals surface area contributed by atoms with Crippen molar-refractivity contribution < 1.29 is 19.0 Å². The van der Waals surface area contributed by atoms with Gasteiger partial charge in [-0.05, 0) is 83.7 Å². The molecule has 1 unspecified atom stereocenters. The van der Waals surface area contributed by atoms with Crippen molar-refractivity contribution >= 4 is 23.3 Å². The van der Waals surface area contributed by atoms with Crippen LogP contribution in [0.5, 0.6) is 11.5 Å². The van der Waals surface area contributed by atoms with E-state index in [1.165, 1.54) is 0 Å². The van der Waals surface area contributed by atoms with E-state index >= 15 is 0 Å². The highest BCUT2D eigenvalue weighted by atomic mass is 35.5. The number of halogens is 1. The van der Waals surface area contributed by atoms with Crippen LogP contribution in [0.2, 0.25) is 5.02 Å². The fourth-order valence-electron chi connectivity index (χ4n) is 4.99. The summed E-state index contributed by atoms with van der Waals surface area (Å²) in [7, 11) is 3.35. The highest BCUT2D eigenvalue weighted by Gasteiger charge is 2.46. The summed E-state index contributed by atoms with van der Waals surface area (Å²) in [4.78, 5) is 15.1. The Labute approximate surface area is 238 Å². The monoisotopic (exact) mass is 549 g/mol. The van der Waals surface area contributed by atoms with E-state index in [0.29, 0.717) is 31.1 Å². The number of carbonyl (C=O) groups excluding carboxylic acids is 1. The van der Waals surface area contributed by atoms with Crippen molar-refractivity contribution in [1.29, 1.82) is 0 Å². The Morgan fingerprint density at radius 1 is 0.923 bits per heavy atom. The molecular formula is C33H40ClNO4. The third kappa shape index (κ3) is 7.69. The minimum Gasteiger partial charge on any atom is -0.497 e. The summed E-state index contributed by atoms with van der Waals surface area (Å²) in [5.41, 5.74) is 4.49. The van der Waals surface area contributed by atoms with E-state index in [9.17, 15) is 4.79 Å². The molecule has 1 saturated carbocycles. The first-order valence-electron chi connectivity index (χ1n) is 13.8. The van der Waals surface area contributed by atoms with Crippen molar-refractivity contribution in [3.63, 3.8) is 0 Å². The number of methoxy groups -OCH3 is 2. The van der Waals surface area contributed by atoms with Crippen LogP contribution in [-0.4, -0.2) is 26.8 Å². The van der Waals surface area contributed by atoms with Crippen LogP contribution in [0.4, 0.5) is 5.69 Å². The summed E-state index contributed by atoms with van der Waals surface area (Å²) in [6, 6.07) is 22.5. The zero-order valence-electron chi connectivity index (χ0n) is 23.5. The molecule has 4 rings (SSSR count). The summed E-state index contributed by atoms with van der Waals surface area (Å²) in [5, 5.41) is 0.686. The van der Waals surface area contributed by atoms with Gasteiger partial charge in [0.05, 0.1) is 38.0 Å². The molecule has 0 N–H and O–H groups in total. The van der Waals surface area contributed by atoms with Gasteiger partial charge >= 0.3 is 5.97 Å². The molecule has 0 heterocycles. The van der Waals surface area contributed by atoms with E-state index in [1.807, 2.05) is 30.3 Å². The van der Waals surface area contributed by atoms with E-state index in [1.54, 1.807) is 14.2 Å². The first-order chi connectivity index (χ1) is 18.8. The number of nitrogens with zero attached hydrogens (tertiary/aromatic N) is 1. The van der Waals surface area contributed by atoms with Crippen molar-refractivity contribution in [1.82, 2.24) is 0 Å². The molecule has 0 aromatic heterocycles. The smallest absolute Gasteiger partial charge is 0.306 e. The molecule has 0 radical (unpaired) electrons. The van der Waals surface area contributed by atoms with Gasteiger partial charge < -0.3 is 19.1 Å². The fraction of sp³-hybridized carbons (Fsp3) is 0.424. The lowest BCUT2D eigenvalue weighted by Gasteiger charge is -2.29. The quantitative estimate of drug-likeness (QED) is 0.150. The molecule has 1 aliphatic carbocycles. The zero-order valence-corrected chi connectivity index (χ0v) is 24.3. The minimum absolute atomic E-state index is 0.0893. The van der Waals surface area contributed by atoms with Gasteiger partial charge in [0.25, 0.3) is 0 Å². The summed E-state index contributed by atoms with van der Waals surface area (Å²) in [5.74, 6) is 1.62. The van der Waals surface area contributed by atoms with E-state index in [2.05, 4.69) is 55.1 Å². The predicted octanol–water partition coefficient (Wildman–Crippen LogP) is 8.18. The molecule has 0 saturated heterocycles. The van der Waals surface area contributed by atoms with Gasteiger partial charge in [-0.1, -0.05) is 62.2 Å². The molecule has 0 amide bonds.